The molecule has 0 aromatic heterocycles. The molecule has 2 saturated carbocycles. The molecule has 0 amide bonds. The zero-order chi connectivity index (χ0) is 27.3. The SMILES string of the molecule is CC(=O)C1C(=O)C(C(C)C)[C@@]2(C)C[C@@]3(C)Cc4c(C(C)C)cc(C)c(O)c4C(=O)C3C(=O)[C@@]2(O)C1=O. The number of carbonyl (C=O) groups excluding carboxylic acids is 5. The van der Waals surface area contributed by atoms with Gasteiger partial charge in [-0.3, -0.25) is 24.0 Å². The fourth-order valence-corrected chi connectivity index (χ4v) is 7.89. The Bertz CT molecular complexity index is 1240. The highest BCUT2D eigenvalue weighted by atomic mass is 16.3. The van der Waals surface area contributed by atoms with Crippen LogP contribution in [-0.4, -0.2) is 44.7 Å². The van der Waals surface area contributed by atoms with Crippen molar-refractivity contribution in [2.75, 3.05) is 0 Å². The molecule has 194 valence electrons. The molecule has 4 rings (SSSR count). The number of phenols is 1. The van der Waals surface area contributed by atoms with Crippen molar-refractivity contribution in [1.29, 1.82) is 0 Å². The number of ketones is 5. The minimum Gasteiger partial charge on any atom is -0.507 e. The summed E-state index contributed by atoms with van der Waals surface area (Å²) in [4.78, 5) is 67.8. The summed E-state index contributed by atoms with van der Waals surface area (Å²) in [6.07, 6.45) is 0.343. The van der Waals surface area contributed by atoms with Gasteiger partial charge in [0.05, 0.1) is 11.5 Å². The van der Waals surface area contributed by atoms with Crippen molar-refractivity contribution in [3.05, 3.63) is 28.3 Å². The molecule has 2 fully saturated rings. The van der Waals surface area contributed by atoms with E-state index >= 15 is 0 Å². The Kier molecular flexibility index (Phi) is 5.80. The van der Waals surface area contributed by atoms with Crippen LogP contribution >= 0.6 is 0 Å². The summed E-state index contributed by atoms with van der Waals surface area (Å²) in [7, 11) is 0. The smallest absolute Gasteiger partial charge is 0.190 e. The molecule has 7 heteroatoms. The van der Waals surface area contributed by atoms with Gasteiger partial charge in [0.25, 0.3) is 0 Å². The first-order chi connectivity index (χ1) is 16.5. The normalized spacial score (nSPS) is 36.1. The lowest BCUT2D eigenvalue weighted by atomic mass is 9.39. The molecule has 0 heterocycles. The number of Topliss-reactive ketones (excluding diaryl/α,β-unsaturated/α-hetero) is 5. The van der Waals surface area contributed by atoms with Gasteiger partial charge in [-0.15, -0.1) is 0 Å². The molecule has 0 radical (unpaired) electrons. The van der Waals surface area contributed by atoms with Crippen LogP contribution in [0.5, 0.6) is 5.75 Å². The fraction of sp³-hybridized carbons (Fsp3) is 0.621. The van der Waals surface area contributed by atoms with E-state index in [1.807, 2.05) is 19.9 Å². The molecule has 0 aliphatic heterocycles. The Morgan fingerprint density at radius 2 is 1.64 bits per heavy atom. The minimum absolute atomic E-state index is 0.0513. The van der Waals surface area contributed by atoms with Crippen molar-refractivity contribution in [2.24, 2.45) is 34.5 Å². The lowest BCUT2D eigenvalue weighted by Gasteiger charge is -2.62. The van der Waals surface area contributed by atoms with Crippen molar-refractivity contribution in [1.82, 2.24) is 0 Å². The average molecular weight is 497 g/mol. The van der Waals surface area contributed by atoms with Crippen LogP contribution in [0, 0.1) is 41.4 Å². The summed E-state index contributed by atoms with van der Waals surface area (Å²) >= 11 is 0. The van der Waals surface area contributed by atoms with Gasteiger partial charge in [0.2, 0.25) is 0 Å². The number of hydrogen-bond donors (Lipinski definition) is 2. The molecule has 1 aromatic carbocycles. The molecular formula is C29H36O7. The van der Waals surface area contributed by atoms with Gasteiger partial charge in [0.1, 0.15) is 17.5 Å². The zero-order valence-corrected chi connectivity index (χ0v) is 22.3. The van der Waals surface area contributed by atoms with Gasteiger partial charge in [-0.25, -0.2) is 0 Å². The van der Waals surface area contributed by atoms with Crippen LogP contribution in [0.3, 0.4) is 0 Å². The number of aromatic hydroxyl groups is 1. The number of carbonyl (C=O) groups is 5. The van der Waals surface area contributed by atoms with Crippen LogP contribution in [0.2, 0.25) is 0 Å². The molecule has 0 saturated heterocycles. The number of fused-ring (bicyclic) bond motifs is 3. The van der Waals surface area contributed by atoms with Crippen molar-refractivity contribution in [3.63, 3.8) is 0 Å². The largest absolute Gasteiger partial charge is 0.507 e. The predicted octanol–water partition coefficient (Wildman–Crippen LogP) is 3.52. The van der Waals surface area contributed by atoms with Crippen LogP contribution < -0.4 is 0 Å². The zero-order valence-electron chi connectivity index (χ0n) is 22.3. The number of rotatable bonds is 3. The van der Waals surface area contributed by atoms with Gasteiger partial charge in [0.15, 0.2) is 28.7 Å². The maximum absolute atomic E-state index is 14.2. The van der Waals surface area contributed by atoms with E-state index in [-0.39, 0.29) is 36.0 Å². The molecule has 36 heavy (non-hydrogen) atoms. The third-order valence-corrected chi connectivity index (χ3v) is 9.23. The van der Waals surface area contributed by atoms with Crippen LogP contribution in [0.25, 0.3) is 0 Å². The highest BCUT2D eigenvalue weighted by molar-refractivity contribution is 6.32. The van der Waals surface area contributed by atoms with E-state index in [9.17, 15) is 34.2 Å². The number of hydrogen-bond acceptors (Lipinski definition) is 7. The fourth-order valence-electron chi connectivity index (χ4n) is 7.89. The van der Waals surface area contributed by atoms with Crippen LogP contribution in [0.15, 0.2) is 6.07 Å². The number of benzene rings is 1. The maximum atomic E-state index is 14.2. The van der Waals surface area contributed by atoms with E-state index in [2.05, 4.69) is 0 Å². The number of phenolic OH excluding ortho intramolecular Hbond substituents is 1. The van der Waals surface area contributed by atoms with Gasteiger partial charge in [0, 0.05) is 11.3 Å². The van der Waals surface area contributed by atoms with Gasteiger partial charge in [-0.05, 0) is 60.6 Å². The van der Waals surface area contributed by atoms with Crippen molar-refractivity contribution >= 4 is 28.9 Å². The Labute approximate surface area is 211 Å². The quantitative estimate of drug-likeness (QED) is 0.613. The lowest BCUT2D eigenvalue weighted by molar-refractivity contribution is -0.205. The maximum Gasteiger partial charge on any atom is 0.190 e. The van der Waals surface area contributed by atoms with E-state index in [0.717, 1.165) is 12.5 Å². The van der Waals surface area contributed by atoms with E-state index in [4.69, 9.17) is 0 Å². The molecule has 3 aliphatic rings. The third-order valence-electron chi connectivity index (χ3n) is 9.23. The minimum atomic E-state index is -2.66. The standard InChI is InChI=1S/C29H36O7/c1-12(2)16-9-14(5)22(31)19-17(16)10-27(7)11-28(8)20(13(3)4)23(32)18(15(6)30)25(34)29(28,36)26(35)21(27)24(19)33/h9,12-13,18,20-21,31,36H,10-11H2,1-8H3/t18?,20?,21?,27-,28-,29+/m1/s1. The molecule has 6 atom stereocenters. The number of aryl methyl sites for hydroxylation is 1. The lowest BCUT2D eigenvalue weighted by Crippen LogP contribution is -2.76. The average Bonchev–Trinajstić information content (AvgIpc) is 2.72. The molecule has 7 nitrogen and oxygen atoms in total. The van der Waals surface area contributed by atoms with Gasteiger partial charge in [-0.2, -0.15) is 0 Å². The van der Waals surface area contributed by atoms with Gasteiger partial charge in [-0.1, -0.05) is 47.6 Å². The molecule has 0 bridgehead atoms. The van der Waals surface area contributed by atoms with Crippen molar-refractivity contribution in [2.45, 2.75) is 79.8 Å². The predicted molar refractivity (Wildman–Crippen MR) is 132 cm³/mol. The Balaban J connectivity index is 2.01. The second-order valence-electron chi connectivity index (χ2n) is 12.5. The van der Waals surface area contributed by atoms with Gasteiger partial charge < -0.3 is 10.2 Å². The summed E-state index contributed by atoms with van der Waals surface area (Å²) in [6, 6.07) is 1.86. The van der Waals surface area contributed by atoms with E-state index < -0.39 is 63.1 Å². The van der Waals surface area contributed by atoms with Gasteiger partial charge >= 0.3 is 0 Å². The summed E-state index contributed by atoms with van der Waals surface area (Å²) in [5.41, 5.74) is -2.99. The monoisotopic (exact) mass is 496 g/mol. The van der Waals surface area contributed by atoms with E-state index in [0.29, 0.717) is 11.1 Å². The Hall–Kier alpha value is -2.67. The summed E-state index contributed by atoms with van der Waals surface area (Å²) in [5, 5.41) is 22.9. The Morgan fingerprint density at radius 1 is 1.06 bits per heavy atom. The molecule has 3 unspecified atom stereocenters. The molecule has 1 aromatic rings. The van der Waals surface area contributed by atoms with Crippen molar-refractivity contribution in [3.8, 4) is 5.75 Å². The second-order valence-corrected chi connectivity index (χ2v) is 12.5. The van der Waals surface area contributed by atoms with E-state index in [1.165, 1.54) is 0 Å². The topological polar surface area (TPSA) is 126 Å². The highest BCUT2D eigenvalue weighted by Crippen LogP contribution is 2.64. The second kappa shape index (κ2) is 7.91. The number of aliphatic hydroxyl groups is 1. The summed E-state index contributed by atoms with van der Waals surface area (Å²) in [6.45, 7) is 13.7. The first kappa shape index (κ1) is 26.4. The first-order valence-electron chi connectivity index (χ1n) is 12.7. The molecule has 2 N–H and O–H groups in total. The highest BCUT2D eigenvalue weighted by Gasteiger charge is 2.76. The Morgan fingerprint density at radius 3 is 2.14 bits per heavy atom. The first-order valence-corrected chi connectivity index (χ1v) is 12.7. The van der Waals surface area contributed by atoms with Crippen LogP contribution in [0.1, 0.15) is 87.9 Å². The van der Waals surface area contributed by atoms with Crippen molar-refractivity contribution < 1.29 is 34.2 Å². The molecule has 0 spiro atoms. The summed E-state index contributed by atoms with van der Waals surface area (Å²) in [5.74, 6) is -8.54. The van der Waals surface area contributed by atoms with Crippen LogP contribution in [0.4, 0.5) is 0 Å². The molecule has 3 aliphatic carbocycles. The van der Waals surface area contributed by atoms with Crippen LogP contribution in [-0.2, 0) is 25.6 Å². The molecular weight excluding hydrogens is 460 g/mol. The van der Waals surface area contributed by atoms with E-state index in [1.54, 1.807) is 34.6 Å². The summed E-state index contributed by atoms with van der Waals surface area (Å²) < 4.78 is 0. The third kappa shape index (κ3) is 3.04.